The second-order valence-electron chi connectivity index (χ2n) is 8.11. The molecule has 0 aliphatic carbocycles. The molecule has 0 aliphatic rings. The molecular weight excluding hydrogens is 436 g/mol. The molecule has 3 aromatic rings. The topological polar surface area (TPSA) is 131 Å². The highest BCUT2D eigenvalue weighted by Gasteiger charge is 2.27. The quantitative estimate of drug-likeness (QED) is 0.437. The number of carbonyl (C=O) groups is 2. The molecule has 3 rings (SSSR count). The monoisotopic (exact) mass is 466 g/mol. The fraction of sp³-hybridized carbons (Fsp3) is 0.360. The number of aromatic nitrogens is 2. The van der Waals surface area contributed by atoms with Crippen LogP contribution in [0.3, 0.4) is 0 Å². The summed E-state index contributed by atoms with van der Waals surface area (Å²) in [7, 11) is 0. The minimum Gasteiger partial charge on any atom is -0.451 e. The Bertz CT molecular complexity index is 1280. The van der Waals surface area contributed by atoms with Crippen molar-refractivity contribution in [2.75, 3.05) is 17.2 Å². The predicted molar refractivity (Wildman–Crippen MR) is 131 cm³/mol. The molecule has 3 N–H and O–H groups in total. The number of furan rings is 1. The van der Waals surface area contributed by atoms with Crippen molar-refractivity contribution in [1.82, 2.24) is 9.55 Å². The average Bonchev–Trinajstić information content (AvgIpc) is 3.31. The van der Waals surface area contributed by atoms with Crippen molar-refractivity contribution in [2.24, 2.45) is 0 Å². The van der Waals surface area contributed by atoms with Crippen molar-refractivity contribution in [3.8, 4) is 11.3 Å². The summed E-state index contributed by atoms with van der Waals surface area (Å²) in [6.45, 7) is 6.00. The van der Waals surface area contributed by atoms with Crippen LogP contribution in [0.1, 0.15) is 67.4 Å². The zero-order valence-corrected chi connectivity index (χ0v) is 19.7. The highest BCUT2D eigenvalue weighted by atomic mass is 16.4. The Morgan fingerprint density at radius 2 is 1.71 bits per heavy atom. The van der Waals surface area contributed by atoms with Crippen molar-refractivity contribution in [1.29, 1.82) is 0 Å². The van der Waals surface area contributed by atoms with Crippen molar-refractivity contribution in [3.63, 3.8) is 0 Å². The van der Waals surface area contributed by atoms with E-state index in [1.807, 2.05) is 13.8 Å². The number of benzene rings is 1. The first-order valence-electron chi connectivity index (χ1n) is 11.4. The van der Waals surface area contributed by atoms with Crippen LogP contribution in [-0.2, 0) is 6.54 Å². The van der Waals surface area contributed by atoms with Crippen LogP contribution in [0.15, 0.2) is 50.4 Å². The van der Waals surface area contributed by atoms with Crippen LogP contribution >= 0.6 is 0 Å². The molecule has 9 nitrogen and oxygen atoms in total. The molecule has 0 atom stereocenters. The standard InChI is InChI=1S/C25H30N4O5/c1-4-6-14-28(21-22(26)29(15-7-5-2)25(33)27-23(21)31)24(32)20-13-12-19(34-20)18-10-8-17(9-11-18)16(3)30/h8-13H,4-7,14-15,26H2,1-3H3,(H,27,31,33). The maximum atomic E-state index is 13.4. The molecular formula is C25H30N4O5. The van der Waals surface area contributed by atoms with Gasteiger partial charge in [-0.25, -0.2) is 4.79 Å². The Balaban J connectivity index is 2.00. The van der Waals surface area contributed by atoms with Crippen LogP contribution in [-0.4, -0.2) is 27.8 Å². The van der Waals surface area contributed by atoms with Gasteiger partial charge in [0.05, 0.1) is 0 Å². The van der Waals surface area contributed by atoms with Crippen LogP contribution in [0.2, 0.25) is 0 Å². The summed E-state index contributed by atoms with van der Waals surface area (Å²) in [5.74, 6) is -0.136. The van der Waals surface area contributed by atoms with Crippen LogP contribution in [0, 0.1) is 0 Å². The number of amides is 1. The fourth-order valence-corrected chi connectivity index (χ4v) is 3.62. The number of carbonyl (C=O) groups excluding carboxylic acids is 2. The number of anilines is 2. The van der Waals surface area contributed by atoms with Gasteiger partial charge in [0.25, 0.3) is 11.5 Å². The molecule has 0 saturated heterocycles. The van der Waals surface area contributed by atoms with E-state index in [4.69, 9.17) is 10.2 Å². The van der Waals surface area contributed by atoms with E-state index in [2.05, 4.69) is 4.98 Å². The lowest BCUT2D eigenvalue weighted by atomic mass is 10.1. The van der Waals surface area contributed by atoms with E-state index in [9.17, 15) is 19.2 Å². The van der Waals surface area contributed by atoms with Crippen LogP contribution in [0.5, 0.6) is 0 Å². The number of nitrogens with two attached hydrogens (primary N) is 1. The van der Waals surface area contributed by atoms with Gasteiger partial charge in [-0.2, -0.15) is 0 Å². The molecule has 0 radical (unpaired) electrons. The summed E-state index contributed by atoms with van der Waals surface area (Å²) in [6.07, 6.45) is 2.94. The normalized spacial score (nSPS) is 10.9. The van der Waals surface area contributed by atoms with E-state index in [-0.39, 0.29) is 29.6 Å². The number of nitrogens with zero attached hydrogens (tertiary/aromatic N) is 2. The maximum Gasteiger partial charge on any atom is 0.330 e. The largest absolute Gasteiger partial charge is 0.451 e. The summed E-state index contributed by atoms with van der Waals surface area (Å²) < 4.78 is 7.10. The molecule has 1 amide bonds. The summed E-state index contributed by atoms with van der Waals surface area (Å²) in [4.78, 5) is 53.6. The summed E-state index contributed by atoms with van der Waals surface area (Å²) >= 11 is 0. The molecule has 0 unspecified atom stereocenters. The lowest BCUT2D eigenvalue weighted by molar-refractivity contribution is 0.0959. The molecule has 180 valence electrons. The number of aromatic amines is 1. The number of rotatable bonds is 10. The van der Waals surface area contributed by atoms with Gasteiger partial charge < -0.3 is 10.2 Å². The first-order chi connectivity index (χ1) is 16.3. The zero-order valence-electron chi connectivity index (χ0n) is 19.7. The van der Waals surface area contributed by atoms with Gasteiger partial charge in [0.1, 0.15) is 11.6 Å². The van der Waals surface area contributed by atoms with Gasteiger partial charge in [0.2, 0.25) is 0 Å². The van der Waals surface area contributed by atoms with E-state index in [0.717, 1.165) is 12.8 Å². The average molecular weight is 467 g/mol. The molecule has 9 heteroatoms. The second kappa shape index (κ2) is 10.8. The summed E-state index contributed by atoms with van der Waals surface area (Å²) in [5.41, 5.74) is 6.14. The molecule has 2 heterocycles. The Hall–Kier alpha value is -3.88. The predicted octanol–water partition coefficient (Wildman–Crippen LogP) is 3.83. The Morgan fingerprint density at radius 3 is 2.32 bits per heavy atom. The first kappa shape index (κ1) is 24.8. The highest BCUT2D eigenvalue weighted by Crippen LogP contribution is 2.26. The lowest BCUT2D eigenvalue weighted by Crippen LogP contribution is -2.41. The van der Waals surface area contributed by atoms with E-state index in [1.165, 1.54) is 22.5 Å². The van der Waals surface area contributed by atoms with E-state index in [1.54, 1.807) is 30.3 Å². The van der Waals surface area contributed by atoms with Crippen LogP contribution in [0.4, 0.5) is 11.5 Å². The molecule has 0 aliphatic heterocycles. The van der Waals surface area contributed by atoms with E-state index >= 15 is 0 Å². The van der Waals surface area contributed by atoms with Gasteiger partial charge in [-0.15, -0.1) is 0 Å². The third-order valence-corrected chi connectivity index (χ3v) is 5.59. The number of nitrogens with one attached hydrogen (secondary N) is 1. The van der Waals surface area contributed by atoms with Crippen LogP contribution in [0.25, 0.3) is 11.3 Å². The van der Waals surface area contributed by atoms with Crippen molar-refractivity contribution >= 4 is 23.2 Å². The molecule has 0 spiro atoms. The number of hydrogen-bond acceptors (Lipinski definition) is 6. The first-order valence-corrected chi connectivity index (χ1v) is 11.4. The molecule has 2 aromatic heterocycles. The number of Topliss-reactive ketones (excluding diaryl/α,β-unsaturated/α-hetero) is 1. The third-order valence-electron chi connectivity index (χ3n) is 5.59. The van der Waals surface area contributed by atoms with Gasteiger partial charge in [-0.05, 0) is 31.9 Å². The molecule has 1 aromatic carbocycles. The van der Waals surface area contributed by atoms with Gasteiger partial charge in [-0.1, -0.05) is 51.0 Å². The Morgan fingerprint density at radius 1 is 1.03 bits per heavy atom. The Labute approximate surface area is 197 Å². The maximum absolute atomic E-state index is 13.4. The second-order valence-corrected chi connectivity index (χ2v) is 8.11. The van der Waals surface area contributed by atoms with Gasteiger partial charge in [0, 0.05) is 24.2 Å². The molecule has 0 fully saturated rings. The number of unbranched alkanes of at least 4 members (excludes halogenated alkanes) is 2. The van der Waals surface area contributed by atoms with Gasteiger partial charge in [-0.3, -0.25) is 28.8 Å². The molecule has 0 bridgehead atoms. The third kappa shape index (κ3) is 5.19. The van der Waals surface area contributed by atoms with E-state index < -0.39 is 17.2 Å². The van der Waals surface area contributed by atoms with Gasteiger partial charge in [0.15, 0.2) is 17.2 Å². The number of hydrogen-bond donors (Lipinski definition) is 2. The summed E-state index contributed by atoms with van der Waals surface area (Å²) in [5, 5.41) is 0. The van der Waals surface area contributed by atoms with Crippen molar-refractivity contribution < 1.29 is 14.0 Å². The summed E-state index contributed by atoms with van der Waals surface area (Å²) in [6, 6.07) is 10.1. The molecule has 0 saturated carbocycles. The van der Waals surface area contributed by atoms with Crippen molar-refractivity contribution in [3.05, 3.63) is 68.6 Å². The number of nitrogen functional groups attached to an aromatic ring is 1. The zero-order chi connectivity index (χ0) is 24.8. The fourth-order valence-electron chi connectivity index (χ4n) is 3.62. The Kier molecular flexibility index (Phi) is 7.88. The lowest BCUT2D eigenvalue weighted by Gasteiger charge is -2.23. The SMILES string of the molecule is CCCCN(C(=O)c1ccc(-c2ccc(C(C)=O)cc2)o1)c1c(N)n(CCCC)c(=O)[nH]c1=O. The minimum atomic E-state index is -0.716. The number of H-pyrrole nitrogens is 1. The van der Waals surface area contributed by atoms with Gasteiger partial charge >= 0.3 is 5.69 Å². The van der Waals surface area contributed by atoms with Crippen molar-refractivity contribution in [2.45, 2.75) is 53.0 Å². The molecule has 34 heavy (non-hydrogen) atoms. The smallest absolute Gasteiger partial charge is 0.330 e. The highest BCUT2D eigenvalue weighted by molar-refractivity contribution is 6.05. The number of ketones is 1. The van der Waals surface area contributed by atoms with E-state index in [0.29, 0.717) is 36.3 Å². The minimum absolute atomic E-state index is 0.0341. The van der Waals surface area contributed by atoms with Crippen LogP contribution < -0.4 is 21.9 Å².